The van der Waals surface area contributed by atoms with Gasteiger partial charge in [-0.3, -0.25) is 0 Å². The zero-order valence-electron chi connectivity index (χ0n) is 11.9. The third-order valence-electron chi connectivity index (χ3n) is 5.91. The summed E-state index contributed by atoms with van der Waals surface area (Å²) in [4.78, 5) is 0. The van der Waals surface area contributed by atoms with E-state index in [-0.39, 0.29) is 0 Å². The molecule has 0 aromatic rings. The molecule has 0 N–H and O–H groups in total. The maximum absolute atomic E-state index is 2.53. The molecule has 0 aliphatic heterocycles. The van der Waals surface area contributed by atoms with Crippen molar-refractivity contribution in [3.05, 3.63) is 34.4 Å². The van der Waals surface area contributed by atoms with Gasteiger partial charge in [0, 0.05) is 0 Å². The minimum Gasteiger partial charge on any atom is -0.0845 e. The van der Waals surface area contributed by atoms with Crippen LogP contribution >= 0.6 is 0 Å². The first-order valence-electron chi connectivity index (χ1n) is 7.74. The van der Waals surface area contributed by atoms with E-state index in [1.54, 1.807) is 11.1 Å². The molecule has 18 heavy (non-hydrogen) atoms. The highest BCUT2D eigenvalue weighted by Crippen LogP contribution is 2.63. The molecule has 4 aliphatic carbocycles. The minimum absolute atomic E-state index is 0.866. The lowest BCUT2D eigenvalue weighted by Crippen LogP contribution is -2.18. The Balaban J connectivity index is 1.86. The SMILES string of the molecule is CC(C)=C1C2=C(CCC(C)C2)C2C3C=CC(C3)C12. The fourth-order valence-electron chi connectivity index (χ4n) is 5.31. The summed E-state index contributed by atoms with van der Waals surface area (Å²) in [6.45, 7) is 7.13. The van der Waals surface area contributed by atoms with Gasteiger partial charge in [0.2, 0.25) is 0 Å². The molecule has 1 fully saturated rings. The maximum Gasteiger partial charge on any atom is -0.00253 e. The van der Waals surface area contributed by atoms with Gasteiger partial charge in [0.1, 0.15) is 0 Å². The molecule has 4 aliphatic rings. The van der Waals surface area contributed by atoms with Crippen molar-refractivity contribution in [2.75, 3.05) is 0 Å². The van der Waals surface area contributed by atoms with E-state index in [0.29, 0.717) is 0 Å². The van der Waals surface area contributed by atoms with E-state index >= 15 is 0 Å². The summed E-state index contributed by atoms with van der Waals surface area (Å²) < 4.78 is 0. The smallest absolute Gasteiger partial charge is 0.00253 e. The van der Waals surface area contributed by atoms with Crippen molar-refractivity contribution in [3.8, 4) is 0 Å². The maximum atomic E-state index is 2.53. The van der Waals surface area contributed by atoms with E-state index in [0.717, 1.165) is 29.6 Å². The Kier molecular flexibility index (Phi) is 2.23. The highest BCUT2D eigenvalue weighted by Gasteiger charge is 2.53. The molecule has 5 atom stereocenters. The quantitative estimate of drug-likeness (QED) is 0.529. The molecule has 0 spiro atoms. The number of hydrogen-bond acceptors (Lipinski definition) is 0. The van der Waals surface area contributed by atoms with Crippen molar-refractivity contribution >= 4 is 0 Å². The highest BCUT2D eigenvalue weighted by molar-refractivity contribution is 5.52. The minimum atomic E-state index is 0.866. The van der Waals surface area contributed by atoms with Gasteiger partial charge < -0.3 is 0 Å². The molecule has 1 saturated carbocycles. The van der Waals surface area contributed by atoms with Gasteiger partial charge in [0.05, 0.1) is 0 Å². The molecule has 0 amide bonds. The summed E-state index contributed by atoms with van der Waals surface area (Å²) in [5, 5.41) is 0. The van der Waals surface area contributed by atoms with E-state index in [1.807, 2.05) is 11.1 Å². The molecule has 96 valence electrons. The third-order valence-corrected chi connectivity index (χ3v) is 5.91. The van der Waals surface area contributed by atoms with Gasteiger partial charge in [-0.15, -0.1) is 0 Å². The van der Waals surface area contributed by atoms with Gasteiger partial charge in [-0.25, -0.2) is 0 Å². The van der Waals surface area contributed by atoms with Crippen LogP contribution in [0.3, 0.4) is 0 Å². The lowest BCUT2D eigenvalue weighted by molar-refractivity contribution is 0.411. The number of fused-ring (bicyclic) bond motifs is 6. The van der Waals surface area contributed by atoms with Crippen LogP contribution in [0.1, 0.15) is 46.5 Å². The van der Waals surface area contributed by atoms with Crippen LogP contribution in [-0.2, 0) is 0 Å². The summed E-state index contributed by atoms with van der Waals surface area (Å²) in [5.74, 6) is 4.44. The zero-order valence-corrected chi connectivity index (χ0v) is 11.9. The first-order valence-corrected chi connectivity index (χ1v) is 7.74. The monoisotopic (exact) mass is 240 g/mol. The van der Waals surface area contributed by atoms with E-state index in [9.17, 15) is 0 Å². The predicted molar refractivity (Wildman–Crippen MR) is 76.1 cm³/mol. The number of hydrogen-bond donors (Lipinski definition) is 0. The van der Waals surface area contributed by atoms with Crippen LogP contribution in [0.4, 0.5) is 0 Å². The highest BCUT2D eigenvalue weighted by atomic mass is 14.6. The fourth-order valence-corrected chi connectivity index (χ4v) is 5.31. The van der Waals surface area contributed by atoms with Crippen LogP contribution in [0.2, 0.25) is 0 Å². The second kappa shape index (κ2) is 3.62. The molecule has 4 rings (SSSR count). The van der Waals surface area contributed by atoms with Crippen LogP contribution in [-0.4, -0.2) is 0 Å². The normalized spacial score (nSPS) is 44.6. The Bertz CT molecular complexity index is 484. The summed E-state index contributed by atoms with van der Waals surface area (Å²) >= 11 is 0. The van der Waals surface area contributed by atoms with Crippen LogP contribution in [0.15, 0.2) is 34.4 Å². The summed E-state index contributed by atoms with van der Waals surface area (Å²) in [5.41, 5.74) is 7.08. The topological polar surface area (TPSA) is 0 Å². The molecule has 0 aromatic carbocycles. The molecule has 0 heteroatoms. The van der Waals surface area contributed by atoms with Gasteiger partial charge in [-0.2, -0.15) is 0 Å². The standard InChI is InChI=1S/C18H24/c1-10(2)16-15-8-11(3)4-7-14(15)17-12-5-6-13(9-12)18(16)17/h5-6,11-13,17-18H,4,7-9H2,1-3H3. The lowest BCUT2D eigenvalue weighted by atomic mass is 9.78. The molecule has 0 heterocycles. The second-order valence-electron chi connectivity index (χ2n) is 7.27. The van der Waals surface area contributed by atoms with Gasteiger partial charge in [-0.05, 0) is 80.3 Å². The summed E-state index contributed by atoms with van der Waals surface area (Å²) in [6.07, 6.45) is 10.7. The molecule has 0 nitrogen and oxygen atoms in total. The van der Waals surface area contributed by atoms with Gasteiger partial charge in [0.15, 0.2) is 0 Å². The number of allylic oxidation sites excluding steroid dienone is 6. The van der Waals surface area contributed by atoms with Crippen molar-refractivity contribution < 1.29 is 0 Å². The van der Waals surface area contributed by atoms with Gasteiger partial charge >= 0.3 is 0 Å². The summed E-state index contributed by atoms with van der Waals surface area (Å²) in [7, 11) is 0. The Morgan fingerprint density at radius 1 is 1.11 bits per heavy atom. The van der Waals surface area contributed by atoms with E-state index < -0.39 is 0 Å². The molecule has 0 aromatic heterocycles. The zero-order chi connectivity index (χ0) is 12.4. The number of rotatable bonds is 0. The Morgan fingerprint density at radius 3 is 2.56 bits per heavy atom. The molecular weight excluding hydrogens is 216 g/mol. The largest absolute Gasteiger partial charge is 0.0845 e. The average Bonchev–Trinajstić information content (AvgIpc) is 2.96. The Morgan fingerprint density at radius 2 is 1.83 bits per heavy atom. The van der Waals surface area contributed by atoms with Gasteiger partial charge in [0.25, 0.3) is 0 Å². The van der Waals surface area contributed by atoms with Crippen molar-refractivity contribution in [3.63, 3.8) is 0 Å². The molecule has 2 bridgehead atoms. The second-order valence-corrected chi connectivity index (χ2v) is 7.27. The lowest BCUT2D eigenvalue weighted by Gasteiger charge is -2.26. The van der Waals surface area contributed by atoms with Crippen LogP contribution in [0, 0.1) is 29.6 Å². The molecule has 5 unspecified atom stereocenters. The van der Waals surface area contributed by atoms with E-state index in [1.165, 1.54) is 25.7 Å². The van der Waals surface area contributed by atoms with E-state index in [4.69, 9.17) is 0 Å². The van der Waals surface area contributed by atoms with E-state index in [2.05, 4.69) is 32.9 Å². The predicted octanol–water partition coefficient (Wildman–Crippen LogP) is 4.89. The van der Waals surface area contributed by atoms with Crippen molar-refractivity contribution in [2.45, 2.75) is 46.5 Å². The first kappa shape index (κ1) is 11.1. The van der Waals surface area contributed by atoms with Crippen LogP contribution in [0.25, 0.3) is 0 Å². The average molecular weight is 240 g/mol. The molecular formula is C18H24. The third kappa shape index (κ3) is 1.27. The van der Waals surface area contributed by atoms with Crippen LogP contribution in [0.5, 0.6) is 0 Å². The van der Waals surface area contributed by atoms with Gasteiger partial charge in [-0.1, -0.05) is 30.2 Å². The molecule has 0 radical (unpaired) electrons. The van der Waals surface area contributed by atoms with Crippen molar-refractivity contribution in [1.82, 2.24) is 0 Å². The molecule has 0 saturated heterocycles. The fraction of sp³-hybridized carbons (Fsp3) is 0.667. The Hall–Kier alpha value is -0.780. The summed E-state index contributed by atoms with van der Waals surface area (Å²) in [6, 6.07) is 0. The van der Waals surface area contributed by atoms with Crippen molar-refractivity contribution in [1.29, 1.82) is 0 Å². The first-order chi connectivity index (χ1) is 8.66. The van der Waals surface area contributed by atoms with Crippen molar-refractivity contribution in [2.24, 2.45) is 29.6 Å². The van der Waals surface area contributed by atoms with Crippen LogP contribution < -0.4 is 0 Å². The Labute approximate surface area is 111 Å².